The average Bonchev–Trinajstić information content (AvgIpc) is 2.72. The predicted octanol–water partition coefficient (Wildman–Crippen LogP) is -0.816. The molecule has 1 fully saturated rings. The Bertz CT molecular complexity index is 256. The Morgan fingerprint density at radius 2 is 2.14 bits per heavy atom. The quantitative estimate of drug-likeness (QED) is 0.685. The summed E-state index contributed by atoms with van der Waals surface area (Å²) < 4.78 is 4.97. The van der Waals surface area contributed by atoms with Gasteiger partial charge in [0.15, 0.2) is 6.33 Å². The summed E-state index contributed by atoms with van der Waals surface area (Å²) >= 11 is 0. The fourth-order valence-electron chi connectivity index (χ4n) is 1.61. The van der Waals surface area contributed by atoms with Gasteiger partial charge in [-0.15, -0.1) is 0 Å². The van der Waals surface area contributed by atoms with Crippen LogP contribution in [0.25, 0.3) is 0 Å². The van der Waals surface area contributed by atoms with Crippen molar-refractivity contribution in [1.29, 1.82) is 0 Å². The van der Waals surface area contributed by atoms with Crippen molar-refractivity contribution in [1.82, 2.24) is 15.0 Å². The van der Waals surface area contributed by atoms with Gasteiger partial charge in [-0.3, -0.25) is 4.90 Å². The molecule has 0 unspecified atom stereocenters. The zero-order chi connectivity index (χ0) is 9.80. The van der Waals surface area contributed by atoms with Gasteiger partial charge in [0.05, 0.1) is 6.61 Å². The summed E-state index contributed by atoms with van der Waals surface area (Å²) in [6.45, 7) is 4.59. The molecule has 6 nitrogen and oxygen atoms in total. The first kappa shape index (κ1) is 9.42. The number of hydrogen-bond donors (Lipinski definition) is 1. The lowest BCUT2D eigenvalue weighted by Gasteiger charge is -2.32. The molecule has 14 heavy (non-hydrogen) atoms. The normalized spacial score (nSPS) is 18.8. The predicted molar refractivity (Wildman–Crippen MR) is 50.0 cm³/mol. The lowest BCUT2D eigenvalue weighted by Crippen LogP contribution is -2.47. The summed E-state index contributed by atoms with van der Waals surface area (Å²) in [6, 6.07) is 0.591. The molecule has 0 saturated carbocycles. The van der Waals surface area contributed by atoms with Crippen molar-refractivity contribution in [2.75, 3.05) is 44.2 Å². The minimum absolute atomic E-state index is 0.223. The highest BCUT2D eigenvalue weighted by Gasteiger charge is 2.19. The molecule has 0 amide bonds. The second-order valence-electron chi connectivity index (χ2n) is 3.28. The molecule has 6 heteroatoms. The Morgan fingerprint density at radius 1 is 1.36 bits per heavy atom. The number of anilines is 1. The van der Waals surface area contributed by atoms with Crippen LogP contribution in [0, 0.1) is 0 Å². The van der Waals surface area contributed by atoms with E-state index in [1.54, 1.807) is 0 Å². The van der Waals surface area contributed by atoms with Gasteiger partial charge in [-0.25, -0.2) is 0 Å². The van der Waals surface area contributed by atoms with Crippen molar-refractivity contribution < 1.29 is 9.63 Å². The third-order valence-corrected chi connectivity index (χ3v) is 2.41. The van der Waals surface area contributed by atoms with Gasteiger partial charge in [0.1, 0.15) is 0 Å². The molecule has 0 bridgehead atoms. The Morgan fingerprint density at radius 3 is 2.71 bits per heavy atom. The third-order valence-electron chi connectivity index (χ3n) is 2.41. The van der Waals surface area contributed by atoms with Crippen molar-refractivity contribution in [3.8, 4) is 0 Å². The summed E-state index contributed by atoms with van der Waals surface area (Å²) in [7, 11) is 0. The monoisotopic (exact) mass is 198 g/mol. The van der Waals surface area contributed by atoms with E-state index in [1.807, 2.05) is 0 Å². The molecular formula is C8H14N4O2. The Labute approximate surface area is 82.1 Å². The van der Waals surface area contributed by atoms with Gasteiger partial charge in [0, 0.05) is 32.7 Å². The number of piperazine rings is 1. The number of β-amino-alcohol motifs (C(OH)–C–C–N with tert-alkyl or cyclic N) is 1. The van der Waals surface area contributed by atoms with Gasteiger partial charge in [0.25, 0.3) is 0 Å². The summed E-state index contributed by atoms with van der Waals surface area (Å²) in [5.74, 6) is 0. The smallest absolute Gasteiger partial charge is 0.323 e. The Balaban J connectivity index is 1.84. The molecule has 2 heterocycles. The maximum absolute atomic E-state index is 8.77. The Kier molecular flexibility index (Phi) is 2.95. The van der Waals surface area contributed by atoms with Gasteiger partial charge < -0.3 is 14.5 Å². The highest BCUT2D eigenvalue weighted by molar-refractivity contribution is 5.24. The van der Waals surface area contributed by atoms with Crippen LogP contribution in [0.1, 0.15) is 0 Å². The average molecular weight is 198 g/mol. The first-order chi connectivity index (χ1) is 6.90. The van der Waals surface area contributed by atoms with Crippen molar-refractivity contribution >= 4 is 6.01 Å². The molecule has 1 aromatic rings. The summed E-state index contributed by atoms with van der Waals surface area (Å²) in [5, 5.41) is 12.3. The van der Waals surface area contributed by atoms with Crippen LogP contribution in [0.3, 0.4) is 0 Å². The second-order valence-corrected chi connectivity index (χ2v) is 3.28. The van der Waals surface area contributed by atoms with E-state index in [0.717, 1.165) is 32.7 Å². The van der Waals surface area contributed by atoms with Crippen molar-refractivity contribution in [3.63, 3.8) is 0 Å². The zero-order valence-electron chi connectivity index (χ0n) is 7.96. The molecule has 0 aromatic carbocycles. The number of nitrogens with zero attached hydrogens (tertiary/aromatic N) is 4. The van der Waals surface area contributed by atoms with Crippen LogP contribution in [-0.4, -0.2) is 59.5 Å². The lowest BCUT2D eigenvalue weighted by molar-refractivity contribution is 0.186. The van der Waals surface area contributed by atoms with E-state index < -0.39 is 0 Å². The largest absolute Gasteiger partial charge is 0.395 e. The third kappa shape index (κ3) is 2.02. The van der Waals surface area contributed by atoms with Gasteiger partial charge in [-0.2, -0.15) is 4.98 Å². The van der Waals surface area contributed by atoms with E-state index in [0.29, 0.717) is 6.01 Å². The molecule has 1 aliphatic heterocycles. The van der Waals surface area contributed by atoms with Gasteiger partial charge in [-0.05, 0) is 0 Å². The number of rotatable bonds is 3. The van der Waals surface area contributed by atoms with Crippen LogP contribution in [-0.2, 0) is 0 Å². The molecule has 1 aliphatic rings. The SMILES string of the molecule is OCCN1CCN(c2ncno2)CC1. The number of aromatic nitrogens is 2. The molecule has 1 saturated heterocycles. The molecule has 2 rings (SSSR count). The highest BCUT2D eigenvalue weighted by Crippen LogP contribution is 2.11. The molecular weight excluding hydrogens is 184 g/mol. The fourth-order valence-corrected chi connectivity index (χ4v) is 1.61. The van der Waals surface area contributed by atoms with Crippen LogP contribution >= 0.6 is 0 Å². The first-order valence-electron chi connectivity index (χ1n) is 4.75. The van der Waals surface area contributed by atoms with Crippen LogP contribution in [0.15, 0.2) is 10.9 Å². The molecule has 78 valence electrons. The summed E-state index contributed by atoms with van der Waals surface area (Å²) in [6.07, 6.45) is 1.41. The highest BCUT2D eigenvalue weighted by atomic mass is 16.5. The zero-order valence-corrected chi connectivity index (χ0v) is 7.96. The van der Waals surface area contributed by atoms with Crippen LogP contribution in [0.5, 0.6) is 0 Å². The maximum atomic E-state index is 8.77. The molecule has 1 aromatic heterocycles. The number of hydrogen-bond acceptors (Lipinski definition) is 6. The Hall–Kier alpha value is -1.14. The van der Waals surface area contributed by atoms with E-state index in [1.165, 1.54) is 6.33 Å². The van der Waals surface area contributed by atoms with Crippen molar-refractivity contribution in [3.05, 3.63) is 6.33 Å². The lowest BCUT2D eigenvalue weighted by atomic mass is 10.3. The molecule has 0 spiro atoms. The number of aliphatic hydroxyl groups excluding tert-OH is 1. The molecule has 0 atom stereocenters. The standard InChI is InChI=1S/C8H14N4O2/c13-6-5-11-1-3-12(4-2-11)8-9-7-10-14-8/h7,13H,1-6H2. The van der Waals surface area contributed by atoms with E-state index in [9.17, 15) is 0 Å². The van der Waals surface area contributed by atoms with Crippen molar-refractivity contribution in [2.45, 2.75) is 0 Å². The van der Waals surface area contributed by atoms with Crippen LogP contribution in [0.2, 0.25) is 0 Å². The fraction of sp³-hybridized carbons (Fsp3) is 0.750. The van der Waals surface area contributed by atoms with Gasteiger partial charge in [0.2, 0.25) is 0 Å². The van der Waals surface area contributed by atoms with E-state index in [4.69, 9.17) is 9.63 Å². The second kappa shape index (κ2) is 4.39. The molecule has 0 radical (unpaired) electrons. The number of aliphatic hydroxyl groups is 1. The van der Waals surface area contributed by atoms with E-state index >= 15 is 0 Å². The molecule has 1 N–H and O–H groups in total. The summed E-state index contributed by atoms with van der Waals surface area (Å²) in [5.41, 5.74) is 0. The van der Waals surface area contributed by atoms with E-state index in [-0.39, 0.29) is 6.61 Å². The maximum Gasteiger partial charge on any atom is 0.323 e. The molecule has 0 aliphatic carbocycles. The van der Waals surface area contributed by atoms with Gasteiger partial charge >= 0.3 is 6.01 Å². The minimum atomic E-state index is 0.223. The minimum Gasteiger partial charge on any atom is -0.395 e. The van der Waals surface area contributed by atoms with Crippen LogP contribution < -0.4 is 4.90 Å². The van der Waals surface area contributed by atoms with E-state index in [2.05, 4.69) is 19.9 Å². The van der Waals surface area contributed by atoms with Crippen molar-refractivity contribution in [2.24, 2.45) is 0 Å². The summed E-state index contributed by atoms with van der Waals surface area (Å²) in [4.78, 5) is 8.26. The first-order valence-corrected chi connectivity index (χ1v) is 4.75. The van der Waals surface area contributed by atoms with Gasteiger partial charge in [-0.1, -0.05) is 5.16 Å². The van der Waals surface area contributed by atoms with Crippen LogP contribution in [0.4, 0.5) is 6.01 Å². The topological polar surface area (TPSA) is 65.6 Å².